The van der Waals surface area contributed by atoms with Crippen molar-refractivity contribution in [1.82, 2.24) is 4.90 Å². The molecule has 0 spiro atoms. The lowest BCUT2D eigenvalue weighted by molar-refractivity contribution is -0.154. The minimum absolute atomic E-state index is 0.0307. The van der Waals surface area contributed by atoms with Crippen molar-refractivity contribution in [2.75, 3.05) is 29.9 Å². The summed E-state index contributed by atoms with van der Waals surface area (Å²) in [7, 11) is 1.54. The fraction of sp³-hybridized carbons (Fsp3) is 0.423. The van der Waals surface area contributed by atoms with Gasteiger partial charge in [0.1, 0.15) is 5.82 Å². The molecule has 0 aliphatic carbocycles. The van der Waals surface area contributed by atoms with E-state index >= 15 is 0 Å². The number of piperidine rings is 1. The van der Waals surface area contributed by atoms with Crippen LogP contribution in [0.5, 0.6) is 0 Å². The predicted octanol–water partition coefficient (Wildman–Crippen LogP) is 5.02. The Labute approximate surface area is 208 Å². The third-order valence-electron chi connectivity index (χ3n) is 6.70. The van der Waals surface area contributed by atoms with Crippen LogP contribution in [0.3, 0.4) is 0 Å². The highest BCUT2D eigenvalue weighted by molar-refractivity contribution is 5.97. The summed E-state index contributed by atoms with van der Waals surface area (Å²) in [6.45, 7) is 1.71. The van der Waals surface area contributed by atoms with Crippen molar-refractivity contribution in [3.8, 4) is 0 Å². The standard InChI is InChI=1S/C26H30F3N3O4/c1-18(16-22(28)29)32(21-6-4-3-5-7-21)23(33)17-26(24(34)35)12-14-31(15-13-26)25(36)30(2)20-10-8-19(27)9-11-20/h3-11,18,22H,12-17H2,1-2H3,(H,34,35). The van der Waals surface area contributed by atoms with Crippen LogP contribution < -0.4 is 9.80 Å². The molecule has 1 atom stereocenters. The topological polar surface area (TPSA) is 81.2 Å². The smallest absolute Gasteiger partial charge is 0.324 e. The minimum atomic E-state index is -2.63. The number of carboxylic acids is 1. The molecule has 0 aromatic heterocycles. The number of aliphatic carboxylic acids is 1. The van der Waals surface area contributed by atoms with Crippen molar-refractivity contribution in [3.05, 3.63) is 60.4 Å². The van der Waals surface area contributed by atoms with Crippen molar-refractivity contribution >= 4 is 29.3 Å². The number of amides is 3. The second kappa shape index (κ2) is 11.5. The van der Waals surface area contributed by atoms with Gasteiger partial charge in [-0.15, -0.1) is 0 Å². The zero-order valence-corrected chi connectivity index (χ0v) is 20.2. The molecule has 1 saturated heterocycles. The Morgan fingerprint density at radius 2 is 1.58 bits per heavy atom. The highest BCUT2D eigenvalue weighted by Gasteiger charge is 2.45. The molecule has 1 fully saturated rings. The first-order valence-corrected chi connectivity index (χ1v) is 11.7. The molecule has 3 rings (SSSR count). The van der Waals surface area contributed by atoms with Crippen molar-refractivity contribution in [3.63, 3.8) is 0 Å². The highest BCUT2D eigenvalue weighted by Crippen LogP contribution is 2.38. The van der Waals surface area contributed by atoms with Gasteiger partial charge in [-0.25, -0.2) is 18.0 Å². The minimum Gasteiger partial charge on any atom is -0.481 e. The second-order valence-corrected chi connectivity index (χ2v) is 9.14. The Balaban J connectivity index is 1.74. The summed E-state index contributed by atoms with van der Waals surface area (Å²) in [6.07, 6.45) is -3.48. The predicted molar refractivity (Wildman–Crippen MR) is 130 cm³/mol. The first-order chi connectivity index (χ1) is 17.0. The van der Waals surface area contributed by atoms with Crippen LogP contribution in [0.15, 0.2) is 54.6 Å². The summed E-state index contributed by atoms with van der Waals surface area (Å²) in [5, 5.41) is 10.1. The van der Waals surface area contributed by atoms with Crippen LogP contribution >= 0.6 is 0 Å². The number of halogens is 3. The molecular formula is C26H30F3N3O4. The summed E-state index contributed by atoms with van der Waals surface area (Å²) >= 11 is 0. The summed E-state index contributed by atoms with van der Waals surface area (Å²) in [5.74, 6) is -2.15. The highest BCUT2D eigenvalue weighted by atomic mass is 19.3. The first-order valence-electron chi connectivity index (χ1n) is 11.7. The molecule has 2 aromatic carbocycles. The van der Waals surface area contributed by atoms with E-state index in [1.165, 1.54) is 45.9 Å². The van der Waals surface area contributed by atoms with Gasteiger partial charge in [-0.3, -0.25) is 14.5 Å². The number of para-hydroxylation sites is 1. The van der Waals surface area contributed by atoms with E-state index in [9.17, 15) is 32.7 Å². The van der Waals surface area contributed by atoms with Gasteiger partial charge in [0.2, 0.25) is 12.3 Å². The number of hydrogen-bond acceptors (Lipinski definition) is 3. The number of anilines is 2. The number of carbonyl (C=O) groups is 3. The molecule has 10 heteroatoms. The molecule has 1 aliphatic rings. The van der Waals surface area contributed by atoms with E-state index < -0.39 is 42.0 Å². The van der Waals surface area contributed by atoms with E-state index in [-0.39, 0.29) is 38.4 Å². The van der Waals surface area contributed by atoms with Crippen LogP contribution in [0.25, 0.3) is 0 Å². The summed E-state index contributed by atoms with van der Waals surface area (Å²) in [4.78, 5) is 42.7. The number of benzene rings is 2. The molecule has 0 bridgehead atoms. The number of rotatable bonds is 8. The quantitative estimate of drug-likeness (QED) is 0.547. The van der Waals surface area contributed by atoms with Gasteiger partial charge >= 0.3 is 12.0 Å². The van der Waals surface area contributed by atoms with E-state index in [4.69, 9.17) is 0 Å². The number of urea groups is 1. The van der Waals surface area contributed by atoms with Gasteiger partial charge in [0, 0.05) is 50.4 Å². The zero-order valence-electron chi connectivity index (χ0n) is 20.2. The maximum absolute atomic E-state index is 13.4. The van der Waals surface area contributed by atoms with E-state index in [0.29, 0.717) is 11.4 Å². The van der Waals surface area contributed by atoms with Crippen LogP contribution in [0.4, 0.5) is 29.3 Å². The number of likely N-dealkylation sites (tertiary alicyclic amines) is 1. The first kappa shape index (κ1) is 27.0. The van der Waals surface area contributed by atoms with Gasteiger partial charge < -0.3 is 14.9 Å². The third-order valence-corrected chi connectivity index (χ3v) is 6.70. The number of nitrogens with zero attached hydrogens (tertiary/aromatic N) is 3. The number of carboxylic acid groups (broad SMARTS) is 1. The lowest BCUT2D eigenvalue weighted by Crippen LogP contribution is -2.52. The van der Waals surface area contributed by atoms with E-state index in [0.717, 1.165) is 0 Å². The van der Waals surface area contributed by atoms with E-state index in [1.807, 2.05) is 0 Å². The third kappa shape index (κ3) is 6.16. The summed E-state index contributed by atoms with van der Waals surface area (Å²) in [5.41, 5.74) is -0.525. The van der Waals surface area contributed by atoms with Gasteiger partial charge in [-0.05, 0) is 56.2 Å². The van der Waals surface area contributed by atoms with Crippen molar-refractivity contribution in [2.24, 2.45) is 5.41 Å². The van der Waals surface area contributed by atoms with Crippen LogP contribution in [0, 0.1) is 11.2 Å². The van der Waals surface area contributed by atoms with Gasteiger partial charge in [-0.1, -0.05) is 18.2 Å². The van der Waals surface area contributed by atoms with Crippen LogP contribution in [-0.4, -0.2) is 60.5 Å². The molecule has 2 aromatic rings. The van der Waals surface area contributed by atoms with Crippen LogP contribution in [-0.2, 0) is 9.59 Å². The Morgan fingerprint density at radius 1 is 1.00 bits per heavy atom. The molecule has 194 valence electrons. The fourth-order valence-corrected chi connectivity index (χ4v) is 4.55. The number of carbonyl (C=O) groups excluding carboxylic acids is 2. The average molecular weight is 506 g/mol. The van der Waals surface area contributed by atoms with E-state index in [2.05, 4.69) is 0 Å². The lowest BCUT2D eigenvalue weighted by Gasteiger charge is -2.41. The van der Waals surface area contributed by atoms with Gasteiger partial charge in [0.05, 0.1) is 5.41 Å². The van der Waals surface area contributed by atoms with Crippen LogP contribution in [0.1, 0.15) is 32.6 Å². The van der Waals surface area contributed by atoms with Gasteiger partial charge in [0.25, 0.3) is 0 Å². The number of alkyl halides is 2. The molecule has 1 heterocycles. The van der Waals surface area contributed by atoms with E-state index in [1.54, 1.807) is 37.4 Å². The maximum Gasteiger partial charge on any atom is 0.324 e. The van der Waals surface area contributed by atoms with Crippen LogP contribution in [0.2, 0.25) is 0 Å². The molecule has 36 heavy (non-hydrogen) atoms. The van der Waals surface area contributed by atoms with Crippen molar-refractivity contribution in [2.45, 2.75) is 45.1 Å². The fourth-order valence-electron chi connectivity index (χ4n) is 4.55. The molecule has 1 aliphatic heterocycles. The largest absolute Gasteiger partial charge is 0.481 e. The molecule has 3 amide bonds. The Morgan fingerprint density at radius 3 is 2.11 bits per heavy atom. The Hall–Kier alpha value is -3.56. The molecule has 1 N–H and O–H groups in total. The zero-order chi connectivity index (χ0) is 26.5. The van der Waals surface area contributed by atoms with Crippen molar-refractivity contribution in [1.29, 1.82) is 0 Å². The normalized spacial score (nSPS) is 15.9. The van der Waals surface area contributed by atoms with Gasteiger partial charge in [-0.2, -0.15) is 0 Å². The monoisotopic (exact) mass is 505 g/mol. The summed E-state index contributed by atoms with van der Waals surface area (Å²) < 4.78 is 39.5. The lowest BCUT2D eigenvalue weighted by atomic mass is 9.75. The Kier molecular flexibility index (Phi) is 8.60. The second-order valence-electron chi connectivity index (χ2n) is 9.14. The summed E-state index contributed by atoms with van der Waals surface area (Å²) in [6, 6.07) is 12.6. The number of hydrogen-bond donors (Lipinski definition) is 1. The van der Waals surface area contributed by atoms with Crippen molar-refractivity contribution < 1.29 is 32.7 Å². The maximum atomic E-state index is 13.4. The Bertz CT molecular complexity index is 1060. The molecule has 7 nitrogen and oxygen atoms in total. The molecule has 0 radical (unpaired) electrons. The molecule has 0 saturated carbocycles. The molecular weight excluding hydrogens is 475 g/mol. The molecule has 1 unspecified atom stereocenters. The SMILES string of the molecule is CC(CC(F)F)N(C(=O)CC1(C(=O)O)CCN(C(=O)N(C)c2ccc(F)cc2)CC1)c1ccccc1. The van der Waals surface area contributed by atoms with Gasteiger partial charge in [0.15, 0.2) is 0 Å². The average Bonchev–Trinajstić information content (AvgIpc) is 2.84.